The summed E-state index contributed by atoms with van der Waals surface area (Å²) < 4.78 is 1.64. The van der Waals surface area contributed by atoms with Crippen LogP contribution in [-0.4, -0.2) is 63.6 Å². The summed E-state index contributed by atoms with van der Waals surface area (Å²) in [4.78, 5) is 28.7. The number of hydrogen-bond donors (Lipinski definition) is 2. The van der Waals surface area contributed by atoms with E-state index in [2.05, 4.69) is 33.0 Å². The predicted molar refractivity (Wildman–Crippen MR) is 99.6 cm³/mol. The van der Waals surface area contributed by atoms with Gasteiger partial charge in [0.1, 0.15) is 5.69 Å². The normalized spacial score (nSPS) is 23.9. The number of nitrogens with one attached hydrogen (secondary N) is 2. The molecule has 142 valence electrons. The zero-order chi connectivity index (χ0) is 18.8. The van der Waals surface area contributed by atoms with Crippen LogP contribution in [0.5, 0.6) is 0 Å². The lowest BCUT2D eigenvalue weighted by atomic mass is 9.93. The molecule has 1 aromatic carbocycles. The monoisotopic (exact) mass is 368 g/mol. The molecular formula is C19H24N6O2. The zero-order valence-corrected chi connectivity index (χ0v) is 15.3. The highest BCUT2D eigenvalue weighted by Crippen LogP contribution is 2.26. The number of nitrogens with zero attached hydrogens (tertiary/aromatic N) is 4. The van der Waals surface area contributed by atoms with Crippen molar-refractivity contribution in [3.8, 4) is 0 Å². The Hall–Kier alpha value is -2.71. The van der Waals surface area contributed by atoms with Gasteiger partial charge in [-0.25, -0.2) is 5.43 Å². The molecule has 2 aromatic rings. The summed E-state index contributed by atoms with van der Waals surface area (Å²) >= 11 is 0. The molecule has 0 spiro atoms. The van der Waals surface area contributed by atoms with Gasteiger partial charge in [0.25, 0.3) is 5.91 Å². The minimum atomic E-state index is -0.0330. The quantitative estimate of drug-likeness (QED) is 0.815. The van der Waals surface area contributed by atoms with E-state index < -0.39 is 0 Å². The SMILES string of the molecule is Cn1ccc(C(=O)N2CCN(C3CC(=O)NNC3c3ccccc3)CC2)n1. The largest absolute Gasteiger partial charge is 0.335 e. The van der Waals surface area contributed by atoms with Crippen molar-refractivity contribution in [2.24, 2.45) is 7.05 Å². The molecule has 0 bridgehead atoms. The molecule has 4 rings (SSSR count). The Morgan fingerprint density at radius 1 is 1.11 bits per heavy atom. The molecule has 2 saturated heterocycles. The Morgan fingerprint density at radius 3 is 2.52 bits per heavy atom. The number of carbonyl (C=O) groups excluding carboxylic acids is 2. The molecule has 3 heterocycles. The van der Waals surface area contributed by atoms with Crippen molar-refractivity contribution in [2.75, 3.05) is 26.2 Å². The van der Waals surface area contributed by atoms with Crippen molar-refractivity contribution in [2.45, 2.75) is 18.5 Å². The molecule has 0 radical (unpaired) electrons. The molecule has 0 aliphatic carbocycles. The van der Waals surface area contributed by atoms with Crippen LogP contribution in [0.15, 0.2) is 42.6 Å². The van der Waals surface area contributed by atoms with Gasteiger partial charge in [-0.2, -0.15) is 5.10 Å². The first-order chi connectivity index (χ1) is 13.1. The van der Waals surface area contributed by atoms with E-state index in [1.165, 1.54) is 0 Å². The molecule has 2 fully saturated rings. The summed E-state index contributed by atoms with van der Waals surface area (Å²) in [5.41, 5.74) is 7.55. The summed E-state index contributed by atoms with van der Waals surface area (Å²) in [6.07, 6.45) is 2.22. The van der Waals surface area contributed by atoms with Gasteiger partial charge in [-0.3, -0.25) is 24.6 Å². The number of aryl methyl sites for hydroxylation is 1. The maximum Gasteiger partial charge on any atom is 0.274 e. The number of piperazine rings is 1. The van der Waals surface area contributed by atoms with Crippen LogP contribution in [-0.2, 0) is 11.8 Å². The summed E-state index contributed by atoms with van der Waals surface area (Å²) in [5.74, 6) is -0.0338. The number of hydrogen-bond acceptors (Lipinski definition) is 5. The first kappa shape index (κ1) is 17.7. The second kappa shape index (κ2) is 7.50. The van der Waals surface area contributed by atoms with Crippen molar-refractivity contribution < 1.29 is 9.59 Å². The van der Waals surface area contributed by atoms with E-state index in [4.69, 9.17) is 0 Å². The first-order valence-electron chi connectivity index (χ1n) is 9.24. The van der Waals surface area contributed by atoms with E-state index in [-0.39, 0.29) is 23.9 Å². The van der Waals surface area contributed by atoms with Gasteiger partial charge < -0.3 is 4.90 Å². The Balaban J connectivity index is 1.44. The smallest absolute Gasteiger partial charge is 0.274 e. The molecule has 2 atom stereocenters. The standard InChI is InChI=1S/C19H24N6O2/c1-23-8-7-15(22-23)19(27)25-11-9-24(10-12-25)16-13-17(26)20-21-18(16)14-5-3-2-4-6-14/h2-8,16,18,21H,9-13H2,1H3,(H,20,26). The van der Waals surface area contributed by atoms with Crippen molar-refractivity contribution in [1.82, 2.24) is 30.4 Å². The molecule has 27 heavy (non-hydrogen) atoms. The number of amides is 2. The fourth-order valence-corrected chi connectivity index (χ4v) is 3.87. The van der Waals surface area contributed by atoms with Crippen LogP contribution in [0.3, 0.4) is 0 Å². The molecule has 8 nitrogen and oxygen atoms in total. The first-order valence-corrected chi connectivity index (χ1v) is 9.24. The average Bonchev–Trinajstić information content (AvgIpc) is 3.14. The van der Waals surface area contributed by atoms with Crippen molar-refractivity contribution >= 4 is 11.8 Å². The summed E-state index contributed by atoms with van der Waals surface area (Å²) in [7, 11) is 1.81. The van der Waals surface area contributed by atoms with Crippen LogP contribution < -0.4 is 10.9 Å². The zero-order valence-electron chi connectivity index (χ0n) is 15.3. The van der Waals surface area contributed by atoms with Crippen LogP contribution in [0.1, 0.15) is 28.5 Å². The van der Waals surface area contributed by atoms with E-state index in [9.17, 15) is 9.59 Å². The fourth-order valence-electron chi connectivity index (χ4n) is 3.87. The van der Waals surface area contributed by atoms with E-state index in [1.54, 1.807) is 24.0 Å². The van der Waals surface area contributed by atoms with Crippen LogP contribution in [0, 0.1) is 0 Å². The van der Waals surface area contributed by atoms with Gasteiger partial charge in [-0.05, 0) is 11.6 Å². The number of rotatable bonds is 3. The van der Waals surface area contributed by atoms with E-state index in [1.807, 2.05) is 23.1 Å². The predicted octanol–water partition coefficient (Wildman–Crippen LogP) is 0.312. The van der Waals surface area contributed by atoms with Crippen LogP contribution in [0.25, 0.3) is 0 Å². The van der Waals surface area contributed by atoms with E-state index in [0.29, 0.717) is 25.2 Å². The highest BCUT2D eigenvalue weighted by molar-refractivity contribution is 5.92. The fraction of sp³-hybridized carbons (Fsp3) is 0.421. The van der Waals surface area contributed by atoms with Crippen LogP contribution >= 0.6 is 0 Å². The van der Waals surface area contributed by atoms with Gasteiger partial charge in [0.15, 0.2) is 0 Å². The second-order valence-corrected chi connectivity index (χ2v) is 7.06. The third-order valence-electron chi connectivity index (χ3n) is 5.31. The van der Waals surface area contributed by atoms with Crippen molar-refractivity contribution in [1.29, 1.82) is 0 Å². The maximum atomic E-state index is 12.6. The lowest BCUT2D eigenvalue weighted by Gasteiger charge is -2.44. The lowest BCUT2D eigenvalue weighted by Crippen LogP contribution is -2.60. The Labute approximate surface area is 158 Å². The summed E-state index contributed by atoms with van der Waals surface area (Å²) in [6.45, 7) is 2.74. The third-order valence-corrected chi connectivity index (χ3v) is 5.31. The highest BCUT2D eigenvalue weighted by atomic mass is 16.2. The Morgan fingerprint density at radius 2 is 1.85 bits per heavy atom. The van der Waals surface area contributed by atoms with Gasteiger partial charge in [0, 0.05) is 51.9 Å². The number of benzene rings is 1. The van der Waals surface area contributed by atoms with Crippen LogP contribution in [0.2, 0.25) is 0 Å². The topological polar surface area (TPSA) is 82.5 Å². The maximum absolute atomic E-state index is 12.6. The highest BCUT2D eigenvalue weighted by Gasteiger charge is 2.36. The van der Waals surface area contributed by atoms with Crippen molar-refractivity contribution in [3.05, 3.63) is 53.9 Å². The second-order valence-electron chi connectivity index (χ2n) is 7.06. The minimum Gasteiger partial charge on any atom is -0.335 e. The molecule has 2 unspecified atom stereocenters. The van der Waals surface area contributed by atoms with Gasteiger partial charge >= 0.3 is 0 Å². The molecule has 2 aliphatic rings. The molecular weight excluding hydrogens is 344 g/mol. The number of aromatic nitrogens is 2. The molecule has 2 N–H and O–H groups in total. The van der Waals surface area contributed by atoms with Crippen LogP contribution in [0.4, 0.5) is 0 Å². The van der Waals surface area contributed by atoms with Gasteiger partial charge in [-0.1, -0.05) is 30.3 Å². The van der Waals surface area contributed by atoms with E-state index in [0.717, 1.165) is 18.7 Å². The minimum absolute atomic E-state index is 0.000766. The number of carbonyl (C=O) groups is 2. The summed E-state index contributed by atoms with van der Waals surface area (Å²) in [5, 5.41) is 4.21. The summed E-state index contributed by atoms with van der Waals surface area (Å²) in [6, 6.07) is 12.0. The Bertz CT molecular complexity index is 813. The van der Waals surface area contributed by atoms with Gasteiger partial charge in [0.2, 0.25) is 5.91 Å². The lowest BCUT2D eigenvalue weighted by molar-refractivity contribution is -0.127. The van der Waals surface area contributed by atoms with Gasteiger partial charge in [0.05, 0.1) is 6.04 Å². The molecule has 0 saturated carbocycles. The molecule has 2 amide bonds. The number of hydrazine groups is 1. The molecule has 2 aliphatic heterocycles. The third kappa shape index (κ3) is 3.72. The average molecular weight is 368 g/mol. The Kier molecular flexibility index (Phi) is 4.91. The van der Waals surface area contributed by atoms with Crippen molar-refractivity contribution in [3.63, 3.8) is 0 Å². The van der Waals surface area contributed by atoms with E-state index >= 15 is 0 Å². The molecule has 1 aromatic heterocycles. The molecule has 8 heteroatoms. The van der Waals surface area contributed by atoms with Gasteiger partial charge in [-0.15, -0.1) is 0 Å².